The van der Waals surface area contributed by atoms with Gasteiger partial charge in [0.25, 0.3) is 0 Å². The predicted molar refractivity (Wildman–Crippen MR) is 91.8 cm³/mol. The van der Waals surface area contributed by atoms with Crippen molar-refractivity contribution in [2.24, 2.45) is 0 Å². The van der Waals surface area contributed by atoms with Crippen LogP contribution in [0.4, 0.5) is 14.5 Å². The molecule has 0 aromatic heterocycles. The Kier molecular flexibility index (Phi) is 5.16. The van der Waals surface area contributed by atoms with Gasteiger partial charge in [0.15, 0.2) is 0 Å². The number of benzene rings is 2. The number of amides is 1. The van der Waals surface area contributed by atoms with Crippen LogP contribution in [0.3, 0.4) is 0 Å². The Morgan fingerprint density at radius 2 is 1.88 bits per heavy atom. The van der Waals surface area contributed by atoms with Crippen molar-refractivity contribution in [1.82, 2.24) is 4.90 Å². The summed E-state index contributed by atoms with van der Waals surface area (Å²) < 4.78 is 32.0. The molecule has 5 nitrogen and oxygen atoms in total. The molecule has 0 fully saturated rings. The quantitative estimate of drug-likeness (QED) is 0.852. The number of anilines is 1. The molecule has 1 aliphatic heterocycles. The molecule has 1 aliphatic rings. The van der Waals surface area contributed by atoms with Crippen LogP contribution in [0.1, 0.15) is 21.5 Å². The summed E-state index contributed by atoms with van der Waals surface area (Å²) in [7, 11) is 1.11. The Morgan fingerprint density at radius 1 is 1.15 bits per heavy atom. The number of nitrogens with one attached hydrogen (secondary N) is 1. The van der Waals surface area contributed by atoms with Gasteiger partial charge in [-0.05, 0) is 23.6 Å². The van der Waals surface area contributed by atoms with Gasteiger partial charge in [0, 0.05) is 19.2 Å². The van der Waals surface area contributed by atoms with Gasteiger partial charge in [-0.2, -0.15) is 0 Å². The topological polar surface area (TPSA) is 58.6 Å². The maximum absolute atomic E-state index is 13.9. The maximum atomic E-state index is 13.9. The Morgan fingerprint density at radius 3 is 2.62 bits per heavy atom. The normalized spacial score (nSPS) is 13.1. The molecule has 2 aromatic carbocycles. The van der Waals surface area contributed by atoms with Gasteiger partial charge in [0.05, 0.1) is 24.9 Å². The number of rotatable bonds is 4. The Bertz CT molecular complexity index is 855. The van der Waals surface area contributed by atoms with Crippen molar-refractivity contribution >= 4 is 17.6 Å². The third-order valence-electron chi connectivity index (χ3n) is 4.38. The number of halogens is 2. The first kappa shape index (κ1) is 17.8. The summed E-state index contributed by atoms with van der Waals surface area (Å²) >= 11 is 0. The molecule has 2 aromatic rings. The van der Waals surface area contributed by atoms with E-state index in [4.69, 9.17) is 0 Å². The molecule has 0 radical (unpaired) electrons. The molecule has 1 N–H and O–H groups in total. The highest BCUT2D eigenvalue weighted by Gasteiger charge is 2.21. The summed E-state index contributed by atoms with van der Waals surface area (Å²) in [5.41, 5.74) is 1.79. The van der Waals surface area contributed by atoms with Gasteiger partial charge in [-0.15, -0.1) is 0 Å². The molecule has 7 heteroatoms. The number of ether oxygens (including phenoxy) is 1. The average Bonchev–Trinajstić information content (AvgIpc) is 2.66. The van der Waals surface area contributed by atoms with E-state index in [1.54, 1.807) is 4.90 Å². The number of nitrogens with zero attached hydrogens (tertiary/aromatic N) is 1. The summed E-state index contributed by atoms with van der Waals surface area (Å²) in [6.45, 7) is 0.915. The fraction of sp³-hybridized carbons (Fsp3) is 0.263. The molecule has 136 valence electrons. The highest BCUT2D eigenvalue weighted by molar-refractivity contribution is 5.91. The van der Waals surface area contributed by atoms with E-state index in [9.17, 15) is 18.4 Å². The van der Waals surface area contributed by atoms with Crippen LogP contribution < -0.4 is 5.32 Å². The second-order valence-corrected chi connectivity index (χ2v) is 5.99. The molecule has 26 heavy (non-hydrogen) atoms. The molecule has 3 rings (SSSR count). The molecular formula is C19H18F2N2O3. The van der Waals surface area contributed by atoms with Crippen molar-refractivity contribution in [1.29, 1.82) is 0 Å². The lowest BCUT2D eigenvalue weighted by atomic mass is 10.00. The van der Waals surface area contributed by atoms with E-state index in [1.165, 1.54) is 5.56 Å². The van der Waals surface area contributed by atoms with Gasteiger partial charge in [0.2, 0.25) is 5.91 Å². The largest absolute Gasteiger partial charge is 0.465 e. The second-order valence-electron chi connectivity index (χ2n) is 5.99. The number of carbonyl (C=O) groups is 2. The summed E-state index contributed by atoms with van der Waals surface area (Å²) in [4.78, 5) is 25.6. The van der Waals surface area contributed by atoms with Crippen LogP contribution >= 0.6 is 0 Å². The van der Waals surface area contributed by atoms with Gasteiger partial charge < -0.3 is 15.0 Å². The van der Waals surface area contributed by atoms with Gasteiger partial charge in [-0.3, -0.25) is 4.79 Å². The number of hydrogen-bond donors (Lipinski definition) is 1. The van der Waals surface area contributed by atoms with Crippen LogP contribution in [0.2, 0.25) is 0 Å². The van der Waals surface area contributed by atoms with Gasteiger partial charge in [-0.25, -0.2) is 13.6 Å². The number of carbonyl (C=O) groups excluding carboxylic acids is 2. The fourth-order valence-corrected chi connectivity index (χ4v) is 2.94. The Labute approximate surface area is 149 Å². The van der Waals surface area contributed by atoms with E-state index in [0.717, 1.165) is 25.2 Å². The lowest BCUT2D eigenvalue weighted by Crippen LogP contribution is -2.39. The molecule has 0 unspecified atom stereocenters. The molecule has 0 saturated heterocycles. The van der Waals surface area contributed by atoms with Crippen LogP contribution in [-0.2, 0) is 22.5 Å². The van der Waals surface area contributed by atoms with Crippen molar-refractivity contribution in [2.75, 3.05) is 25.5 Å². The maximum Gasteiger partial charge on any atom is 0.340 e. The van der Waals surface area contributed by atoms with Crippen LogP contribution in [0.5, 0.6) is 0 Å². The number of hydrogen-bond acceptors (Lipinski definition) is 4. The second kappa shape index (κ2) is 7.51. The van der Waals surface area contributed by atoms with E-state index >= 15 is 0 Å². The summed E-state index contributed by atoms with van der Waals surface area (Å²) in [6.07, 6.45) is 0.763. The highest BCUT2D eigenvalue weighted by atomic mass is 19.1. The molecule has 0 atom stereocenters. The minimum absolute atomic E-state index is 0.127. The van der Waals surface area contributed by atoms with Crippen LogP contribution in [0.25, 0.3) is 0 Å². The van der Waals surface area contributed by atoms with Gasteiger partial charge in [-0.1, -0.05) is 24.3 Å². The first-order valence-electron chi connectivity index (χ1n) is 8.15. The lowest BCUT2D eigenvalue weighted by Gasteiger charge is -2.29. The molecule has 1 amide bonds. The molecule has 1 heterocycles. The van der Waals surface area contributed by atoms with Crippen LogP contribution in [-0.4, -0.2) is 37.0 Å². The molecule has 0 bridgehead atoms. The molecular weight excluding hydrogens is 342 g/mol. The monoisotopic (exact) mass is 360 g/mol. The van der Waals surface area contributed by atoms with Gasteiger partial charge >= 0.3 is 5.97 Å². The zero-order valence-corrected chi connectivity index (χ0v) is 14.2. The van der Waals surface area contributed by atoms with Crippen molar-refractivity contribution in [3.63, 3.8) is 0 Å². The fourth-order valence-electron chi connectivity index (χ4n) is 2.94. The molecule has 0 aliphatic carbocycles. The Hall–Kier alpha value is -2.96. The first-order valence-corrected chi connectivity index (χ1v) is 8.15. The number of methoxy groups -OCH3 is 1. The number of esters is 1. The van der Waals surface area contributed by atoms with Gasteiger partial charge in [0.1, 0.15) is 11.6 Å². The van der Waals surface area contributed by atoms with Crippen molar-refractivity contribution in [3.8, 4) is 0 Å². The van der Waals surface area contributed by atoms with Crippen molar-refractivity contribution < 1.29 is 23.1 Å². The zero-order valence-electron chi connectivity index (χ0n) is 14.2. The molecule has 0 saturated carbocycles. The van der Waals surface area contributed by atoms with Crippen molar-refractivity contribution in [2.45, 2.75) is 13.0 Å². The number of fused-ring (bicyclic) bond motifs is 1. The Balaban J connectivity index is 1.68. The van der Waals surface area contributed by atoms with Crippen LogP contribution in [0.15, 0.2) is 36.4 Å². The van der Waals surface area contributed by atoms with Crippen molar-refractivity contribution in [3.05, 3.63) is 64.7 Å². The lowest BCUT2D eigenvalue weighted by molar-refractivity contribution is -0.130. The third kappa shape index (κ3) is 3.66. The average molecular weight is 360 g/mol. The van der Waals surface area contributed by atoms with E-state index < -0.39 is 23.2 Å². The standard InChI is InChI=1S/C19H18F2N2O3/c1-26-19(25)14-8-17(16(21)9-15(14)20)22-10-18(24)23-7-6-12-4-2-3-5-13(12)11-23/h2-5,8-9,22H,6-7,10-11H2,1H3. The predicted octanol–water partition coefficient (Wildman–Crippen LogP) is 2.75. The SMILES string of the molecule is COC(=O)c1cc(NCC(=O)N2CCc3ccccc3C2)c(F)cc1F. The first-order chi connectivity index (χ1) is 12.5. The zero-order chi connectivity index (χ0) is 18.7. The third-order valence-corrected chi connectivity index (χ3v) is 4.38. The molecule has 0 spiro atoms. The van der Waals surface area contributed by atoms with E-state index in [1.807, 2.05) is 24.3 Å². The van der Waals surface area contributed by atoms with E-state index in [2.05, 4.69) is 10.1 Å². The summed E-state index contributed by atoms with van der Waals surface area (Å²) in [5.74, 6) is -3.02. The minimum Gasteiger partial charge on any atom is -0.465 e. The summed E-state index contributed by atoms with van der Waals surface area (Å²) in [6, 6.07) is 9.51. The summed E-state index contributed by atoms with van der Waals surface area (Å²) in [5, 5.41) is 2.64. The van der Waals surface area contributed by atoms with E-state index in [0.29, 0.717) is 19.2 Å². The van der Waals surface area contributed by atoms with E-state index in [-0.39, 0.29) is 18.1 Å². The smallest absolute Gasteiger partial charge is 0.340 e. The van der Waals surface area contributed by atoms with Crippen LogP contribution in [0, 0.1) is 11.6 Å². The highest BCUT2D eigenvalue weighted by Crippen LogP contribution is 2.21. The minimum atomic E-state index is -1.01.